The molecule has 4 aromatic rings. The molecular formula is C36H33N2O8S2+. The third-order valence-electron chi connectivity index (χ3n) is 10.1. The molecule has 12 heteroatoms. The van der Waals surface area contributed by atoms with E-state index in [0.717, 1.165) is 44.7 Å². The summed E-state index contributed by atoms with van der Waals surface area (Å²) in [4.78, 5) is 15.2. The van der Waals surface area contributed by atoms with Gasteiger partial charge in [0.2, 0.25) is 11.5 Å². The highest BCUT2D eigenvalue weighted by Crippen LogP contribution is 2.51. The van der Waals surface area contributed by atoms with Gasteiger partial charge in [0.05, 0.1) is 26.4 Å². The molecule has 7 rings (SSSR count). The van der Waals surface area contributed by atoms with Crippen molar-refractivity contribution in [3.8, 4) is 0 Å². The molecule has 3 aliphatic rings. The molecule has 4 aromatic carbocycles. The lowest BCUT2D eigenvalue weighted by Crippen LogP contribution is -2.31. The van der Waals surface area contributed by atoms with Gasteiger partial charge < -0.3 is 10.0 Å². The fraction of sp³-hybridized carbons (Fsp3) is 0.222. The fourth-order valence-corrected chi connectivity index (χ4v) is 8.71. The largest absolute Gasteiger partial charge is 0.506 e. The van der Waals surface area contributed by atoms with Crippen molar-refractivity contribution in [3.63, 3.8) is 0 Å². The van der Waals surface area contributed by atoms with Crippen LogP contribution in [0.3, 0.4) is 0 Å². The Morgan fingerprint density at radius 2 is 1.29 bits per heavy atom. The molecule has 246 valence electrons. The van der Waals surface area contributed by atoms with Crippen LogP contribution in [0.15, 0.2) is 105 Å². The molecule has 0 saturated heterocycles. The SMILES string of the molecule is CN1/C(=C/C2=C(O)C(=C\C3=[N+](C)c4ccc5cc(S(=O)(=O)O)ccc5c4C3(C)C)/C2=O)C(C)(C)c2c1ccc1cc(S(=O)(=O)O)ccc21. The van der Waals surface area contributed by atoms with Gasteiger partial charge in [-0.3, -0.25) is 13.9 Å². The van der Waals surface area contributed by atoms with Gasteiger partial charge in [-0.2, -0.15) is 21.4 Å². The zero-order chi connectivity index (χ0) is 34.9. The molecule has 0 aromatic heterocycles. The second-order valence-corrected chi connectivity index (χ2v) is 16.4. The number of rotatable bonds is 4. The molecule has 0 unspecified atom stereocenters. The van der Waals surface area contributed by atoms with Crippen LogP contribution >= 0.6 is 0 Å². The minimum Gasteiger partial charge on any atom is -0.506 e. The summed E-state index contributed by atoms with van der Waals surface area (Å²) in [6.45, 7) is 8.00. The number of hydrogen-bond acceptors (Lipinski definition) is 7. The Balaban J connectivity index is 1.27. The topological polar surface area (TPSA) is 152 Å². The van der Waals surface area contributed by atoms with Crippen molar-refractivity contribution in [2.45, 2.75) is 48.3 Å². The lowest BCUT2D eigenvalue weighted by atomic mass is 9.76. The van der Waals surface area contributed by atoms with Crippen LogP contribution in [0.5, 0.6) is 0 Å². The van der Waals surface area contributed by atoms with Crippen molar-refractivity contribution in [1.29, 1.82) is 0 Å². The van der Waals surface area contributed by atoms with E-state index in [1.165, 1.54) is 24.3 Å². The number of ketones is 1. The lowest BCUT2D eigenvalue weighted by molar-refractivity contribution is -0.401. The van der Waals surface area contributed by atoms with Gasteiger partial charge >= 0.3 is 0 Å². The van der Waals surface area contributed by atoms with Crippen LogP contribution in [-0.4, -0.2) is 61.2 Å². The highest BCUT2D eigenvalue weighted by Gasteiger charge is 2.47. The first kappa shape index (κ1) is 32.0. The van der Waals surface area contributed by atoms with Crippen LogP contribution < -0.4 is 4.90 Å². The van der Waals surface area contributed by atoms with E-state index >= 15 is 0 Å². The maximum Gasteiger partial charge on any atom is 0.294 e. The average molecular weight is 686 g/mol. The molecule has 2 aliphatic heterocycles. The number of likely N-dealkylation sites (N-methyl/N-ethyl adjacent to an activating group) is 1. The van der Waals surface area contributed by atoms with E-state index in [2.05, 4.69) is 0 Å². The summed E-state index contributed by atoms with van der Waals surface area (Å²) in [5.74, 6) is -0.427. The number of allylic oxidation sites excluding steroid dienone is 5. The molecule has 10 nitrogen and oxygen atoms in total. The number of aliphatic hydroxyl groups is 1. The van der Waals surface area contributed by atoms with Crippen molar-refractivity contribution < 1.29 is 40.4 Å². The molecule has 0 atom stereocenters. The Kier molecular flexibility index (Phi) is 6.63. The summed E-state index contributed by atoms with van der Waals surface area (Å²) in [6, 6.07) is 16.3. The number of anilines is 1. The van der Waals surface area contributed by atoms with Crippen LogP contribution in [0, 0.1) is 0 Å². The molecule has 3 N–H and O–H groups in total. The van der Waals surface area contributed by atoms with E-state index in [9.17, 15) is 35.8 Å². The molecule has 0 fully saturated rings. The third-order valence-corrected chi connectivity index (χ3v) is 11.8. The van der Waals surface area contributed by atoms with E-state index in [1.807, 2.05) is 63.4 Å². The predicted octanol–water partition coefficient (Wildman–Crippen LogP) is 6.13. The van der Waals surface area contributed by atoms with Crippen molar-refractivity contribution in [2.75, 3.05) is 19.0 Å². The molecule has 48 heavy (non-hydrogen) atoms. The molecule has 2 heterocycles. The Labute approximate surface area is 278 Å². The predicted molar refractivity (Wildman–Crippen MR) is 184 cm³/mol. The molecule has 0 amide bonds. The molecule has 0 saturated carbocycles. The number of hydrogen-bond donors (Lipinski definition) is 3. The van der Waals surface area contributed by atoms with Crippen molar-refractivity contribution in [3.05, 3.63) is 107 Å². The number of nitrogens with zero attached hydrogens (tertiary/aromatic N) is 2. The monoisotopic (exact) mass is 685 g/mol. The first-order chi connectivity index (χ1) is 22.2. The number of aliphatic hydroxyl groups excluding tert-OH is 1. The van der Waals surface area contributed by atoms with Crippen LogP contribution in [0.4, 0.5) is 11.4 Å². The second kappa shape index (κ2) is 9.95. The Morgan fingerprint density at radius 3 is 1.83 bits per heavy atom. The van der Waals surface area contributed by atoms with Crippen LogP contribution in [0.2, 0.25) is 0 Å². The molecular weight excluding hydrogens is 653 g/mol. The number of benzene rings is 4. The Bertz CT molecular complexity index is 2560. The average Bonchev–Trinajstić information content (AvgIpc) is 3.33. The van der Waals surface area contributed by atoms with Crippen LogP contribution in [-0.2, 0) is 35.9 Å². The summed E-state index contributed by atoms with van der Waals surface area (Å²) in [6.07, 6.45) is 3.41. The second-order valence-electron chi connectivity index (χ2n) is 13.6. The number of carbonyl (C=O) groups is 1. The highest BCUT2D eigenvalue weighted by atomic mass is 32.2. The van der Waals surface area contributed by atoms with Gasteiger partial charge in [-0.15, -0.1) is 0 Å². The quantitative estimate of drug-likeness (QED) is 0.131. The normalized spacial score (nSPS) is 20.3. The summed E-state index contributed by atoms with van der Waals surface area (Å²) in [7, 11) is -4.99. The lowest BCUT2D eigenvalue weighted by Gasteiger charge is -2.27. The number of Topliss-reactive ketones (excluding diaryl/α,β-unsaturated/α-hetero) is 1. The molecule has 1 aliphatic carbocycles. The smallest absolute Gasteiger partial charge is 0.294 e. The first-order valence-electron chi connectivity index (χ1n) is 15.1. The summed E-state index contributed by atoms with van der Waals surface area (Å²) >= 11 is 0. The van der Waals surface area contributed by atoms with E-state index in [4.69, 9.17) is 0 Å². The van der Waals surface area contributed by atoms with Gasteiger partial charge in [-0.25, -0.2) is 0 Å². The van der Waals surface area contributed by atoms with E-state index < -0.39 is 31.1 Å². The van der Waals surface area contributed by atoms with E-state index in [1.54, 1.807) is 36.4 Å². The van der Waals surface area contributed by atoms with E-state index in [0.29, 0.717) is 10.8 Å². The number of fused-ring (bicyclic) bond motifs is 6. The Hall–Kier alpha value is -4.62. The maximum atomic E-state index is 13.7. The van der Waals surface area contributed by atoms with E-state index in [-0.39, 0.29) is 32.5 Å². The fourth-order valence-electron chi connectivity index (χ4n) is 7.68. The Morgan fingerprint density at radius 1 is 0.750 bits per heavy atom. The summed E-state index contributed by atoms with van der Waals surface area (Å²) in [5, 5.41) is 14.2. The third kappa shape index (κ3) is 4.43. The maximum absolute atomic E-state index is 13.7. The van der Waals surface area contributed by atoms with Gasteiger partial charge in [0.25, 0.3) is 20.2 Å². The van der Waals surface area contributed by atoms with Gasteiger partial charge in [0.15, 0.2) is 5.71 Å². The standard InChI is InChI=1S/C36H32N2O8S2/c1-35(2)29(37(5)27-13-7-19-15-21(47(41,42)43)9-11-23(19)31(27)35)17-25-33(39)26(34(25)40)18-30-36(3,4)32-24-12-10-22(48(44,45)46)16-20(24)8-14-28(32)38(30)6/h7-18H,1-6H3,(H2-,39,40,41,42,43,44,45,46)/p+1. The van der Waals surface area contributed by atoms with Crippen molar-refractivity contribution in [2.24, 2.45) is 0 Å². The van der Waals surface area contributed by atoms with Gasteiger partial charge in [-0.1, -0.05) is 32.0 Å². The molecule has 0 radical (unpaired) electrons. The molecule has 0 bridgehead atoms. The van der Waals surface area contributed by atoms with Crippen LogP contribution in [0.25, 0.3) is 21.5 Å². The number of carbonyl (C=O) groups excluding carboxylic acids is 1. The molecule has 0 spiro atoms. The van der Waals surface area contributed by atoms with Gasteiger partial charge in [0, 0.05) is 41.6 Å². The highest BCUT2D eigenvalue weighted by molar-refractivity contribution is 7.86. The van der Waals surface area contributed by atoms with Crippen LogP contribution in [0.1, 0.15) is 38.8 Å². The van der Waals surface area contributed by atoms with Gasteiger partial charge in [-0.05, 0) is 83.4 Å². The zero-order valence-corrected chi connectivity index (χ0v) is 28.7. The minimum atomic E-state index is -4.37. The summed E-state index contributed by atoms with van der Waals surface area (Å²) < 4.78 is 68.0. The van der Waals surface area contributed by atoms with Crippen molar-refractivity contribution >= 4 is 64.7 Å². The zero-order valence-electron chi connectivity index (χ0n) is 27.0. The van der Waals surface area contributed by atoms with Crippen molar-refractivity contribution in [1.82, 2.24) is 0 Å². The summed E-state index contributed by atoms with van der Waals surface area (Å²) in [5.41, 5.74) is 4.25. The first-order valence-corrected chi connectivity index (χ1v) is 18.0. The van der Waals surface area contributed by atoms with Gasteiger partial charge in [0.1, 0.15) is 12.8 Å². The minimum absolute atomic E-state index is 0.120.